The Bertz CT molecular complexity index is 729. The number of para-hydroxylation sites is 1. The number of carbonyl (C=O) groups excluding carboxylic acids is 1. The summed E-state index contributed by atoms with van der Waals surface area (Å²) in [7, 11) is 0. The van der Waals surface area contributed by atoms with E-state index in [-0.39, 0.29) is 11.6 Å². The number of piperidine rings is 1. The fraction of sp³-hybridized carbons (Fsp3) is 0.500. The van der Waals surface area contributed by atoms with Crippen molar-refractivity contribution in [3.8, 4) is 0 Å². The molecule has 1 amide bonds. The third-order valence-electron chi connectivity index (χ3n) is 5.27. The Morgan fingerprint density at radius 1 is 1.30 bits per heavy atom. The molecule has 3 heterocycles. The lowest BCUT2D eigenvalue weighted by atomic mass is 9.79. The summed E-state index contributed by atoms with van der Waals surface area (Å²) in [6.45, 7) is 4.75. The molecular formula is C18H23N3O2. The number of H-pyrrole nitrogens is 1. The SMILES string of the molecule is CCOC(=O)N1CCC2(CC1)NCCc1c2[nH]c2ccccc12. The zero-order chi connectivity index (χ0) is 15.9. The van der Waals surface area contributed by atoms with Crippen molar-refractivity contribution >= 4 is 17.0 Å². The van der Waals surface area contributed by atoms with Crippen LogP contribution < -0.4 is 5.32 Å². The van der Waals surface area contributed by atoms with E-state index in [2.05, 4.69) is 34.6 Å². The molecule has 1 spiro atoms. The van der Waals surface area contributed by atoms with Gasteiger partial charge in [0.05, 0.1) is 12.1 Å². The Morgan fingerprint density at radius 2 is 2.09 bits per heavy atom. The predicted octanol–water partition coefficient (Wildman–Crippen LogP) is 2.76. The highest BCUT2D eigenvalue weighted by Gasteiger charge is 2.42. The monoisotopic (exact) mass is 313 g/mol. The van der Waals surface area contributed by atoms with Gasteiger partial charge in [0.2, 0.25) is 0 Å². The number of rotatable bonds is 1. The van der Waals surface area contributed by atoms with Crippen LogP contribution in [0, 0.1) is 0 Å². The molecule has 0 unspecified atom stereocenters. The molecule has 2 aliphatic heterocycles. The molecule has 2 aliphatic rings. The van der Waals surface area contributed by atoms with Crippen LogP contribution in [0.15, 0.2) is 24.3 Å². The predicted molar refractivity (Wildman–Crippen MR) is 89.5 cm³/mol. The number of carbonyl (C=O) groups is 1. The lowest BCUT2D eigenvalue weighted by molar-refractivity contribution is 0.0775. The minimum atomic E-state index is -0.185. The van der Waals surface area contributed by atoms with Gasteiger partial charge in [-0.1, -0.05) is 18.2 Å². The zero-order valence-electron chi connectivity index (χ0n) is 13.5. The van der Waals surface area contributed by atoms with Gasteiger partial charge in [-0.15, -0.1) is 0 Å². The first-order valence-corrected chi connectivity index (χ1v) is 8.50. The second kappa shape index (κ2) is 5.57. The number of hydrogen-bond donors (Lipinski definition) is 2. The highest BCUT2D eigenvalue weighted by Crippen LogP contribution is 2.40. The first-order chi connectivity index (χ1) is 11.2. The fourth-order valence-corrected chi connectivity index (χ4v) is 4.10. The van der Waals surface area contributed by atoms with E-state index in [9.17, 15) is 4.79 Å². The van der Waals surface area contributed by atoms with Gasteiger partial charge < -0.3 is 19.9 Å². The molecule has 122 valence electrons. The van der Waals surface area contributed by atoms with Crippen molar-refractivity contribution in [2.24, 2.45) is 0 Å². The van der Waals surface area contributed by atoms with Crippen molar-refractivity contribution in [3.05, 3.63) is 35.5 Å². The molecule has 23 heavy (non-hydrogen) atoms. The first kappa shape index (κ1) is 14.6. The van der Waals surface area contributed by atoms with Crippen LogP contribution in [-0.2, 0) is 16.7 Å². The topological polar surface area (TPSA) is 57.4 Å². The van der Waals surface area contributed by atoms with Crippen molar-refractivity contribution in [2.75, 3.05) is 26.2 Å². The normalized spacial score (nSPS) is 19.8. The Labute approximate surface area is 136 Å². The van der Waals surface area contributed by atoms with Gasteiger partial charge in [-0.05, 0) is 37.8 Å². The highest BCUT2D eigenvalue weighted by atomic mass is 16.6. The van der Waals surface area contributed by atoms with Crippen molar-refractivity contribution < 1.29 is 9.53 Å². The van der Waals surface area contributed by atoms with E-state index in [1.165, 1.54) is 22.2 Å². The molecule has 1 fully saturated rings. The number of benzene rings is 1. The molecule has 4 rings (SSSR count). The summed E-state index contributed by atoms with van der Waals surface area (Å²) in [5, 5.41) is 5.08. The second-order valence-electron chi connectivity index (χ2n) is 6.47. The number of nitrogens with one attached hydrogen (secondary N) is 2. The van der Waals surface area contributed by atoms with Crippen LogP contribution in [0.4, 0.5) is 4.79 Å². The number of aromatic nitrogens is 1. The molecule has 2 N–H and O–H groups in total. The average Bonchev–Trinajstić information content (AvgIpc) is 2.96. The molecule has 1 saturated heterocycles. The van der Waals surface area contributed by atoms with E-state index in [1.54, 1.807) is 0 Å². The quantitative estimate of drug-likeness (QED) is 0.851. The van der Waals surface area contributed by atoms with Gasteiger partial charge in [-0.25, -0.2) is 4.79 Å². The maximum atomic E-state index is 11.9. The largest absolute Gasteiger partial charge is 0.450 e. The number of ether oxygens (including phenoxy) is 1. The maximum absolute atomic E-state index is 11.9. The Kier molecular flexibility index (Phi) is 3.53. The summed E-state index contributed by atoms with van der Waals surface area (Å²) in [5.74, 6) is 0. The van der Waals surface area contributed by atoms with Gasteiger partial charge in [0.1, 0.15) is 0 Å². The number of hydrogen-bond acceptors (Lipinski definition) is 3. The summed E-state index contributed by atoms with van der Waals surface area (Å²) in [6, 6.07) is 8.54. The van der Waals surface area contributed by atoms with Crippen LogP contribution in [0.3, 0.4) is 0 Å². The molecule has 2 aromatic rings. The summed E-state index contributed by atoms with van der Waals surface area (Å²) >= 11 is 0. The van der Waals surface area contributed by atoms with Crippen LogP contribution in [0.5, 0.6) is 0 Å². The molecule has 1 aromatic heterocycles. The van der Waals surface area contributed by atoms with Gasteiger partial charge >= 0.3 is 6.09 Å². The molecule has 5 heteroatoms. The molecule has 0 atom stereocenters. The van der Waals surface area contributed by atoms with E-state index in [1.807, 2.05) is 11.8 Å². The Morgan fingerprint density at radius 3 is 2.87 bits per heavy atom. The maximum Gasteiger partial charge on any atom is 0.409 e. The Hall–Kier alpha value is -2.01. The van der Waals surface area contributed by atoms with Gasteiger partial charge in [-0.3, -0.25) is 0 Å². The number of fused-ring (bicyclic) bond motifs is 4. The van der Waals surface area contributed by atoms with Crippen molar-refractivity contribution in [2.45, 2.75) is 31.7 Å². The van der Waals surface area contributed by atoms with E-state index < -0.39 is 0 Å². The molecule has 0 saturated carbocycles. The smallest absolute Gasteiger partial charge is 0.409 e. The molecular weight excluding hydrogens is 290 g/mol. The molecule has 0 radical (unpaired) electrons. The number of aromatic amines is 1. The highest BCUT2D eigenvalue weighted by molar-refractivity contribution is 5.85. The average molecular weight is 313 g/mol. The summed E-state index contributed by atoms with van der Waals surface area (Å²) < 4.78 is 5.13. The summed E-state index contributed by atoms with van der Waals surface area (Å²) in [4.78, 5) is 17.4. The van der Waals surface area contributed by atoms with Crippen LogP contribution in [0.25, 0.3) is 10.9 Å². The van der Waals surface area contributed by atoms with Crippen LogP contribution in [-0.4, -0.2) is 42.2 Å². The van der Waals surface area contributed by atoms with Crippen LogP contribution in [0.1, 0.15) is 31.0 Å². The molecule has 0 aliphatic carbocycles. The standard InChI is InChI=1S/C18H23N3O2/c1-2-23-17(22)21-11-8-18(9-12-21)16-14(7-10-19-18)13-5-3-4-6-15(13)20-16/h3-6,19-20H,2,7-12H2,1H3. The minimum Gasteiger partial charge on any atom is -0.450 e. The van der Waals surface area contributed by atoms with E-state index in [0.29, 0.717) is 6.61 Å². The Balaban J connectivity index is 1.63. The van der Waals surface area contributed by atoms with Gasteiger partial charge in [0.15, 0.2) is 0 Å². The van der Waals surface area contributed by atoms with Crippen LogP contribution >= 0.6 is 0 Å². The fourth-order valence-electron chi connectivity index (χ4n) is 4.10. The van der Waals surface area contributed by atoms with E-state index in [4.69, 9.17) is 4.74 Å². The van der Waals surface area contributed by atoms with Gasteiger partial charge in [0, 0.05) is 36.2 Å². The lowest BCUT2D eigenvalue weighted by Crippen LogP contribution is -2.55. The van der Waals surface area contributed by atoms with Gasteiger partial charge in [0.25, 0.3) is 0 Å². The van der Waals surface area contributed by atoms with E-state index in [0.717, 1.165) is 38.9 Å². The van der Waals surface area contributed by atoms with E-state index >= 15 is 0 Å². The first-order valence-electron chi connectivity index (χ1n) is 8.50. The van der Waals surface area contributed by atoms with Crippen molar-refractivity contribution in [1.29, 1.82) is 0 Å². The molecule has 1 aromatic carbocycles. The number of likely N-dealkylation sites (tertiary alicyclic amines) is 1. The van der Waals surface area contributed by atoms with Crippen molar-refractivity contribution in [3.63, 3.8) is 0 Å². The summed E-state index contributed by atoms with van der Waals surface area (Å²) in [5.41, 5.74) is 3.96. The molecule has 5 nitrogen and oxygen atoms in total. The minimum absolute atomic E-state index is 0.0321. The van der Waals surface area contributed by atoms with Crippen LogP contribution in [0.2, 0.25) is 0 Å². The third-order valence-corrected chi connectivity index (χ3v) is 5.27. The van der Waals surface area contributed by atoms with Gasteiger partial charge in [-0.2, -0.15) is 0 Å². The molecule has 0 bridgehead atoms. The summed E-state index contributed by atoms with van der Waals surface area (Å²) in [6.07, 6.45) is 2.72. The van der Waals surface area contributed by atoms with Crippen molar-refractivity contribution in [1.82, 2.24) is 15.2 Å². The second-order valence-corrected chi connectivity index (χ2v) is 6.47. The lowest BCUT2D eigenvalue weighted by Gasteiger charge is -2.44. The third kappa shape index (κ3) is 2.30. The number of amides is 1. The number of nitrogens with zero attached hydrogens (tertiary/aromatic N) is 1. The zero-order valence-corrected chi connectivity index (χ0v) is 13.5.